The number of likely N-dealkylation sites (tertiary alicyclic amines) is 1. The Hall–Kier alpha value is -0.810. The number of likely N-dealkylation sites (N-methyl/N-ethyl adjacent to an activating group) is 1. The lowest BCUT2D eigenvalue weighted by atomic mass is 10.2. The molecule has 1 atom stereocenters. The molecule has 0 aromatic rings. The van der Waals surface area contributed by atoms with Crippen LogP contribution in [0.25, 0.3) is 0 Å². The van der Waals surface area contributed by atoms with E-state index in [-0.39, 0.29) is 6.03 Å². The Morgan fingerprint density at radius 1 is 1.17 bits per heavy atom. The highest BCUT2D eigenvalue weighted by atomic mass is 16.5. The van der Waals surface area contributed by atoms with E-state index in [4.69, 9.17) is 4.74 Å². The van der Waals surface area contributed by atoms with Crippen molar-refractivity contribution in [2.45, 2.75) is 26.3 Å². The molecular formula is C13H25N3O2. The van der Waals surface area contributed by atoms with Gasteiger partial charge in [0.25, 0.3) is 0 Å². The highest BCUT2D eigenvalue weighted by molar-refractivity contribution is 5.75. The first-order chi connectivity index (χ1) is 8.76. The third kappa shape index (κ3) is 2.95. The van der Waals surface area contributed by atoms with E-state index in [1.54, 1.807) is 0 Å². The Balaban J connectivity index is 1.85. The summed E-state index contributed by atoms with van der Waals surface area (Å²) in [5, 5.41) is 0. The molecule has 2 amide bonds. The average molecular weight is 255 g/mol. The normalized spacial score (nSPS) is 24.9. The van der Waals surface area contributed by atoms with Gasteiger partial charge in [-0.25, -0.2) is 4.79 Å². The van der Waals surface area contributed by atoms with E-state index in [2.05, 4.69) is 18.7 Å². The van der Waals surface area contributed by atoms with E-state index >= 15 is 0 Å². The molecule has 0 saturated carbocycles. The van der Waals surface area contributed by atoms with Crippen LogP contribution < -0.4 is 0 Å². The van der Waals surface area contributed by atoms with Crippen LogP contribution in [0.2, 0.25) is 0 Å². The third-order valence-electron chi connectivity index (χ3n) is 4.04. The van der Waals surface area contributed by atoms with Crippen LogP contribution in [0.4, 0.5) is 4.79 Å². The van der Waals surface area contributed by atoms with Crippen LogP contribution >= 0.6 is 0 Å². The first-order valence-electron chi connectivity index (χ1n) is 7.11. The minimum absolute atomic E-state index is 0.202. The number of carbonyl (C=O) groups excluding carboxylic acids is 1. The molecule has 0 aliphatic carbocycles. The molecule has 0 spiro atoms. The van der Waals surface area contributed by atoms with Crippen LogP contribution in [0.3, 0.4) is 0 Å². The zero-order valence-electron chi connectivity index (χ0n) is 11.6. The highest BCUT2D eigenvalue weighted by Gasteiger charge is 2.31. The molecule has 104 valence electrons. The SMILES string of the molecule is CCN(CC)C1CCN(C(=O)N2CCOCC2)C1. The Bertz CT molecular complexity index is 275. The zero-order valence-corrected chi connectivity index (χ0v) is 11.6. The van der Waals surface area contributed by atoms with Crippen LogP contribution in [0.15, 0.2) is 0 Å². The van der Waals surface area contributed by atoms with Crippen LogP contribution in [-0.4, -0.2) is 79.3 Å². The average Bonchev–Trinajstić information content (AvgIpc) is 2.90. The maximum absolute atomic E-state index is 12.3. The van der Waals surface area contributed by atoms with E-state index < -0.39 is 0 Å². The summed E-state index contributed by atoms with van der Waals surface area (Å²) in [6.45, 7) is 11.2. The van der Waals surface area contributed by atoms with Gasteiger partial charge in [-0.15, -0.1) is 0 Å². The lowest BCUT2D eigenvalue weighted by molar-refractivity contribution is 0.0445. The molecule has 1 unspecified atom stereocenters. The largest absolute Gasteiger partial charge is 0.378 e. The van der Waals surface area contributed by atoms with Gasteiger partial charge in [-0.05, 0) is 19.5 Å². The van der Waals surface area contributed by atoms with Crippen molar-refractivity contribution >= 4 is 6.03 Å². The predicted octanol–water partition coefficient (Wildman–Crippen LogP) is 0.855. The maximum atomic E-state index is 12.3. The number of morpholine rings is 1. The van der Waals surface area contributed by atoms with Gasteiger partial charge in [-0.3, -0.25) is 4.90 Å². The number of urea groups is 1. The molecule has 2 aliphatic rings. The smallest absolute Gasteiger partial charge is 0.320 e. The van der Waals surface area contributed by atoms with E-state index in [0.717, 1.165) is 45.7 Å². The van der Waals surface area contributed by atoms with Gasteiger partial charge in [0.05, 0.1) is 13.2 Å². The number of rotatable bonds is 3. The van der Waals surface area contributed by atoms with Gasteiger partial charge >= 0.3 is 6.03 Å². The molecule has 0 radical (unpaired) electrons. The highest BCUT2D eigenvalue weighted by Crippen LogP contribution is 2.17. The minimum Gasteiger partial charge on any atom is -0.378 e. The van der Waals surface area contributed by atoms with Crippen LogP contribution in [0, 0.1) is 0 Å². The third-order valence-corrected chi connectivity index (χ3v) is 4.04. The first kappa shape index (κ1) is 13.6. The Morgan fingerprint density at radius 2 is 1.83 bits per heavy atom. The Labute approximate surface area is 110 Å². The summed E-state index contributed by atoms with van der Waals surface area (Å²) in [5.41, 5.74) is 0. The summed E-state index contributed by atoms with van der Waals surface area (Å²) in [4.78, 5) is 18.7. The van der Waals surface area contributed by atoms with Crippen molar-refractivity contribution in [2.24, 2.45) is 0 Å². The number of hydrogen-bond donors (Lipinski definition) is 0. The summed E-state index contributed by atoms with van der Waals surface area (Å²) in [6, 6.07) is 0.748. The number of hydrogen-bond acceptors (Lipinski definition) is 3. The Kier molecular flexibility index (Phi) is 4.83. The van der Waals surface area contributed by atoms with Crippen molar-refractivity contribution in [3.05, 3.63) is 0 Å². The minimum atomic E-state index is 0.202. The van der Waals surface area contributed by atoms with Crippen molar-refractivity contribution < 1.29 is 9.53 Å². The molecule has 0 aromatic carbocycles. The lowest BCUT2D eigenvalue weighted by Crippen LogP contribution is -2.48. The van der Waals surface area contributed by atoms with Gasteiger partial charge in [-0.2, -0.15) is 0 Å². The fraction of sp³-hybridized carbons (Fsp3) is 0.923. The maximum Gasteiger partial charge on any atom is 0.320 e. The number of nitrogens with zero attached hydrogens (tertiary/aromatic N) is 3. The van der Waals surface area contributed by atoms with Gasteiger partial charge in [0.1, 0.15) is 0 Å². The van der Waals surface area contributed by atoms with Crippen molar-refractivity contribution in [3.8, 4) is 0 Å². The fourth-order valence-electron chi connectivity index (χ4n) is 2.91. The second-order valence-electron chi connectivity index (χ2n) is 4.99. The predicted molar refractivity (Wildman–Crippen MR) is 70.7 cm³/mol. The number of amides is 2. The quantitative estimate of drug-likeness (QED) is 0.750. The summed E-state index contributed by atoms with van der Waals surface area (Å²) in [5.74, 6) is 0. The standard InChI is InChI=1S/C13H25N3O2/c1-3-14(4-2)12-5-6-16(11-12)13(17)15-7-9-18-10-8-15/h12H,3-11H2,1-2H3. The Morgan fingerprint density at radius 3 is 2.44 bits per heavy atom. The summed E-state index contributed by atoms with van der Waals surface area (Å²) >= 11 is 0. The second-order valence-corrected chi connectivity index (χ2v) is 4.99. The molecule has 0 bridgehead atoms. The van der Waals surface area contributed by atoms with Crippen molar-refractivity contribution in [3.63, 3.8) is 0 Å². The number of carbonyl (C=O) groups is 1. The van der Waals surface area contributed by atoms with Crippen LogP contribution in [0.5, 0.6) is 0 Å². The van der Waals surface area contributed by atoms with Gasteiger partial charge in [0.2, 0.25) is 0 Å². The lowest BCUT2D eigenvalue weighted by Gasteiger charge is -2.31. The van der Waals surface area contributed by atoms with Crippen LogP contribution in [-0.2, 0) is 4.74 Å². The molecule has 2 heterocycles. The summed E-state index contributed by atoms with van der Waals surface area (Å²) in [6.07, 6.45) is 1.11. The summed E-state index contributed by atoms with van der Waals surface area (Å²) < 4.78 is 5.29. The molecule has 18 heavy (non-hydrogen) atoms. The van der Waals surface area contributed by atoms with Gasteiger partial charge in [0.15, 0.2) is 0 Å². The molecule has 2 saturated heterocycles. The fourth-order valence-corrected chi connectivity index (χ4v) is 2.91. The molecule has 2 aliphatic heterocycles. The first-order valence-corrected chi connectivity index (χ1v) is 7.11. The second kappa shape index (κ2) is 6.38. The molecule has 0 aromatic heterocycles. The van der Waals surface area contributed by atoms with E-state index in [1.165, 1.54) is 0 Å². The van der Waals surface area contributed by atoms with Gasteiger partial charge < -0.3 is 14.5 Å². The molecule has 5 heteroatoms. The molecular weight excluding hydrogens is 230 g/mol. The summed E-state index contributed by atoms with van der Waals surface area (Å²) in [7, 11) is 0. The van der Waals surface area contributed by atoms with Crippen molar-refractivity contribution in [2.75, 3.05) is 52.5 Å². The monoisotopic (exact) mass is 255 g/mol. The topological polar surface area (TPSA) is 36.0 Å². The molecule has 2 rings (SSSR count). The van der Waals surface area contributed by atoms with E-state index in [9.17, 15) is 4.79 Å². The van der Waals surface area contributed by atoms with Gasteiger partial charge in [0, 0.05) is 32.2 Å². The molecule has 0 N–H and O–H groups in total. The molecule has 5 nitrogen and oxygen atoms in total. The van der Waals surface area contributed by atoms with E-state index in [0.29, 0.717) is 19.3 Å². The van der Waals surface area contributed by atoms with E-state index in [1.807, 2.05) is 9.80 Å². The number of ether oxygens (including phenoxy) is 1. The van der Waals surface area contributed by atoms with Gasteiger partial charge in [-0.1, -0.05) is 13.8 Å². The zero-order chi connectivity index (χ0) is 13.0. The van der Waals surface area contributed by atoms with Crippen LogP contribution in [0.1, 0.15) is 20.3 Å². The molecule has 2 fully saturated rings. The van der Waals surface area contributed by atoms with Crippen molar-refractivity contribution in [1.29, 1.82) is 0 Å². The van der Waals surface area contributed by atoms with Crippen molar-refractivity contribution in [1.82, 2.24) is 14.7 Å².